The molecule has 0 saturated heterocycles. The normalized spacial score (nSPS) is 9.76. The van der Waals surface area contributed by atoms with E-state index in [0.717, 1.165) is 25.4 Å². The summed E-state index contributed by atoms with van der Waals surface area (Å²) in [6.45, 7) is 9.85. The Morgan fingerprint density at radius 3 is 2.06 bits per heavy atom. The van der Waals surface area contributed by atoms with Gasteiger partial charge in [0.2, 0.25) is 0 Å². The molecule has 0 saturated carbocycles. The van der Waals surface area contributed by atoms with Gasteiger partial charge in [0.15, 0.2) is 0 Å². The molecule has 0 aromatic heterocycles. The van der Waals surface area contributed by atoms with Crippen molar-refractivity contribution in [2.45, 2.75) is 40.0 Å². The van der Waals surface area contributed by atoms with E-state index in [1.165, 1.54) is 5.56 Å². The van der Waals surface area contributed by atoms with Gasteiger partial charge in [0.05, 0.1) is 6.61 Å². The molecule has 1 aromatic rings. The summed E-state index contributed by atoms with van der Waals surface area (Å²) in [6, 6.07) is 8.30. The van der Waals surface area contributed by atoms with Crippen LogP contribution in [0.15, 0.2) is 24.3 Å². The fourth-order valence-corrected chi connectivity index (χ4v) is 1.34. The second-order valence-electron chi connectivity index (χ2n) is 3.92. The molecule has 2 nitrogen and oxygen atoms in total. The highest BCUT2D eigenvalue weighted by atomic mass is 16.5. The van der Waals surface area contributed by atoms with Gasteiger partial charge in [-0.05, 0) is 23.6 Å². The van der Waals surface area contributed by atoms with E-state index < -0.39 is 0 Å². The highest BCUT2D eigenvalue weighted by Crippen LogP contribution is 2.18. The predicted molar refractivity (Wildman–Crippen MR) is 73.9 cm³/mol. The minimum Gasteiger partial charge on any atom is -0.494 e. The lowest BCUT2D eigenvalue weighted by Gasteiger charge is -2.08. The Balaban J connectivity index is 0.00000121. The molecule has 0 bridgehead atoms. The number of hydrogen-bond donors (Lipinski definition) is 0. The van der Waals surface area contributed by atoms with Crippen molar-refractivity contribution in [1.82, 2.24) is 0 Å². The number of hydrogen-bond acceptors (Lipinski definition) is 2. The summed E-state index contributed by atoms with van der Waals surface area (Å²) in [4.78, 5) is 0. The first-order valence-corrected chi connectivity index (χ1v) is 6.45. The van der Waals surface area contributed by atoms with Gasteiger partial charge in [0.25, 0.3) is 0 Å². The smallest absolute Gasteiger partial charge is 0.119 e. The van der Waals surface area contributed by atoms with Gasteiger partial charge in [-0.3, -0.25) is 0 Å². The minimum absolute atomic E-state index is 0.576. The van der Waals surface area contributed by atoms with Crippen LogP contribution in [0.3, 0.4) is 0 Å². The second kappa shape index (κ2) is 10.2. The van der Waals surface area contributed by atoms with Gasteiger partial charge >= 0.3 is 0 Å². The maximum Gasteiger partial charge on any atom is 0.119 e. The molecule has 0 aliphatic rings. The molecule has 0 spiro atoms. The van der Waals surface area contributed by atoms with Crippen LogP contribution in [0.2, 0.25) is 0 Å². The Morgan fingerprint density at radius 2 is 1.59 bits per heavy atom. The zero-order valence-corrected chi connectivity index (χ0v) is 11.8. The Hall–Kier alpha value is -1.02. The number of methoxy groups -OCH3 is 1. The van der Waals surface area contributed by atoms with Crippen molar-refractivity contribution in [3.05, 3.63) is 29.8 Å². The molecule has 0 amide bonds. The van der Waals surface area contributed by atoms with E-state index in [0.29, 0.717) is 5.92 Å². The first kappa shape index (κ1) is 16.0. The van der Waals surface area contributed by atoms with Gasteiger partial charge in [0, 0.05) is 20.1 Å². The van der Waals surface area contributed by atoms with Gasteiger partial charge < -0.3 is 9.47 Å². The average Bonchev–Trinajstić information content (AvgIpc) is 2.38. The van der Waals surface area contributed by atoms with Crippen LogP contribution in [0.4, 0.5) is 0 Å². The Morgan fingerprint density at radius 1 is 1.00 bits per heavy atom. The van der Waals surface area contributed by atoms with Crippen LogP contribution in [0, 0.1) is 0 Å². The van der Waals surface area contributed by atoms with E-state index >= 15 is 0 Å². The maximum absolute atomic E-state index is 5.56. The lowest BCUT2D eigenvalue weighted by molar-refractivity contribution is 0.172. The summed E-state index contributed by atoms with van der Waals surface area (Å²) in [6.07, 6.45) is 0.933. The summed E-state index contributed by atoms with van der Waals surface area (Å²) in [5.41, 5.74) is 1.35. The summed E-state index contributed by atoms with van der Waals surface area (Å²) in [5.74, 6) is 1.52. The van der Waals surface area contributed by atoms with E-state index in [-0.39, 0.29) is 0 Å². The van der Waals surface area contributed by atoms with E-state index in [9.17, 15) is 0 Å². The SMILES string of the molecule is CC.COCCCOc1ccc(C(C)C)cc1. The lowest BCUT2D eigenvalue weighted by atomic mass is 10.0. The summed E-state index contributed by atoms with van der Waals surface area (Å²) in [5, 5.41) is 0. The largest absolute Gasteiger partial charge is 0.494 e. The van der Waals surface area contributed by atoms with Crippen LogP contribution < -0.4 is 4.74 Å². The van der Waals surface area contributed by atoms with E-state index in [4.69, 9.17) is 9.47 Å². The molecule has 0 fully saturated rings. The van der Waals surface area contributed by atoms with Crippen molar-refractivity contribution in [1.29, 1.82) is 0 Å². The molecule has 0 unspecified atom stereocenters. The molecule has 17 heavy (non-hydrogen) atoms. The number of ether oxygens (including phenoxy) is 2. The summed E-state index contributed by atoms with van der Waals surface area (Å²) >= 11 is 0. The van der Waals surface area contributed by atoms with Gasteiger partial charge in [-0.2, -0.15) is 0 Å². The molecule has 0 radical (unpaired) electrons. The molecule has 0 atom stereocenters. The quantitative estimate of drug-likeness (QED) is 0.690. The van der Waals surface area contributed by atoms with Crippen LogP contribution in [-0.2, 0) is 4.74 Å². The van der Waals surface area contributed by atoms with Crippen LogP contribution in [0.1, 0.15) is 45.6 Å². The highest BCUT2D eigenvalue weighted by molar-refractivity contribution is 5.28. The van der Waals surface area contributed by atoms with Crippen molar-refractivity contribution in [3.63, 3.8) is 0 Å². The van der Waals surface area contributed by atoms with Crippen LogP contribution in [0.5, 0.6) is 5.75 Å². The van der Waals surface area contributed by atoms with E-state index in [2.05, 4.69) is 26.0 Å². The average molecular weight is 238 g/mol. The van der Waals surface area contributed by atoms with E-state index in [1.54, 1.807) is 7.11 Å². The van der Waals surface area contributed by atoms with Crippen molar-refractivity contribution < 1.29 is 9.47 Å². The molecule has 0 heterocycles. The fourth-order valence-electron chi connectivity index (χ4n) is 1.34. The summed E-state index contributed by atoms with van der Waals surface area (Å²) < 4.78 is 10.5. The van der Waals surface area contributed by atoms with Gasteiger partial charge in [-0.1, -0.05) is 39.8 Å². The topological polar surface area (TPSA) is 18.5 Å². The van der Waals surface area contributed by atoms with Crippen molar-refractivity contribution in [3.8, 4) is 5.75 Å². The Labute approximate surface area is 106 Å². The van der Waals surface area contributed by atoms with Gasteiger partial charge in [-0.25, -0.2) is 0 Å². The summed E-state index contributed by atoms with van der Waals surface area (Å²) in [7, 11) is 1.71. The van der Waals surface area contributed by atoms with E-state index in [1.807, 2.05) is 26.0 Å². The zero-order chi connectivity index (χ0) is 13.1. The van der Waals surface area contributed by atoms with Crippen molar-refractivity contribution in [2.24, 2.45) is 0 Å². The molecular formula is C15H26O2. The zero-order valence-electron chi connectivity index (χ0n) is 11.8. The fraction of sp³-hybridized carbons (Fsp3) is 0.600. The van der Waals surface area contributed by atoms with Crippen molar-refractivity contribution in [2.75, 3.05) is 20.3 Å². The maximum atomic E-state index is 5.56. The van der Waals surface area contributed by atoms with Gasteiger partial charge in [-0.15, -0.1) is 0 Å². The van der Waals surface area contributed by atoms with Crippen molar-refractivity contribution >= 4 is 0 Å². The first-order chi connectivity index (χ1) is 8.24. The monoisotopic (exact) mass is 238 g/mol. The molecule has 0 N–H and O–H groups in total. The third-order valence-corrected chi connectivity index (χ3v) is 2.31. The second-order valence-corrected chi connectivity index (χ2v) is 3.92. The highest BCUT2D eigenvalue weighted by Gasteiger charge is 1.99. The minimum atomic E-state index is 0.576. The number of rotatable bonds is 6. The van der Waals surface area contributed by atoms with Gasteiger partial charge in [0.1, 0.15) is 5.75 Å². The third-order valence-electron chi connectivity index (χ3n) is 2.31. The first-order valence-electron chi connectivity index (χ1n) is 6.45. The van der Waals surface area contributed by atoms with Crippen LogP contribution in [0.25, 0.3) is 0 Å². The predicted octanol–water partition coefficient (Wildman–Crippen LogP) is 4.25. The standard InChI is InChI=1S/C13H20O2.C2H6/c1-11(2)12-5-7-13(8-6-12)15-10-4-9-14-3;1-2/h5-8,11H,4,9-10H2,1-3H3;1-2H3. The number of benzene rings is 1. The molecule has 0 aliphatic heterocycles. The molecule has 0 aliphatic carbocycles. The third kappa shape index (κ3) is 7.01. The lowest BCUT2D eigenvalue weighted by Crippen LogP contribution is -2.01. The molecular weight excluding hydrogens is 212 g/mol. The molecule has 1 aromatic carbocycles. The van der Waals surface area contributed by atoms with Crippen LogP contribution in [-0.4, -0.2) is 20.3 Å². The molecule has 2 heteroatoms. The molecule has 1 rings (SSSR count). The van der Waals surface area contributed by atoms with Crippen LogP contribution >= 0.6 is 0 Å². The Bertz CT molecular complexity index is 265. The Kier molecular flexibility index (Phi) is 9.55. The molecule has 98 valence electrons.